The highest BCUT2D eigenvalue weighted by molar-refractivity contribution is 5.72. The quantitative estimate of drug-likeness (QED) is 0.645. The largest absolute Gasteiger partial charge is 0.0767 e. The molecular formula is C16H14. The lowest BCUT2D eigenvalue weighted by molar-refractivity contribution is 0.990. The van der Waals surface area contributed by atoms with Crippen molar-refractivity contribution >= 4 is 6.08 Å². The van der Waals surface area contributed by atoms with Gasteiger partial charge in [-0.15, -0.1) is 0 Å². The Morgan fingerprint density at radius 1 is 0.875 bits per heavy atom. The topological polar surface area (TPSA) is 0 Å². The molecule has 1 aliphatic rings. The molecule has 0 N–H and O–H groups in total. The second kappa shape index (κ2) is 3.64. The van der Waals surface area contributed by atoms with E-state index in [1.165, 1.54) is 22.3 Å². The molecule has 0 saturated heterocycles. The fourth-order valence-electron chi connectivity index (χ4n) is 2.30. The van der Waals surface area contributed by atoms with Gasteiger partial charge in [0.25, 0.3) is 0 Å². The Kier molecular flexibility index (Phi) is 2.14. The summed E-state index contributed by atoms with van der Waals surface area (Å²) in [6.45, 7) is 2.24. The molecule has 2 aromatic rings. The van der Waals surface area contributed by atoms with Crippen LogP contribution in [-0.2, 0) is 0 Å². The molecule has 0 fully saturated rings. The smallest absolute Gasteiger partial charge is 0.000117 e. The van der Waals surface area contributed by atoms with Crippen molar-refractivity contribution in [3.63, 3.8) is 0 Å². The lowest BCUT2D eigenvalue weighted by Gasteiger charge is -2.07. The van der Waals surface area contributed by atoms with Crippen LogP contribution in [0, 0.1) is 0 Å². The zero-order valence-electron chi connectivity index (χ0n) is 9.35. The van der Waals surface area contributed by atoms with Crippen molar-refractivity contribution in [3.05, 3.63) is 65.7 Å². The van der Waals surface area contributed by atoms with Gasteiger partial charge >= 0.3 is 0 Å². The maximum absolute atomic E-state index is 2.28. The zero-order valence-corrected chi connectivity index (χ0v) is 9.35. The first-order chi connectivity index (χ1) is 7.84. The molecule has 1 atom stereocenters. The van der Waals surface area contributed by atoms with E-state index in [2.05, 4.69) is 67.6 Å². The highest BCUT2D eigenvalue weighted by Crippen LogP contribution is 2.32. The van der Waals surface area contributed by atoms with E-state index in [0.717, 1.165) is 0 Å². The molecule has 0 radical (unpaired) electrons. The number of hydrogen-bond acceptors (Lipinski definition) is 0. The third kappa shape index (κ3) is 1.47. The second-order valence-corrected chi connectivity index (χ2v) is 4.36. The third-order valence-electron chi connectivity index (χ3n) is 3.25. The lowest BCUT2D eigenvalue weighted by Crippen LogP contribution is -1.87. The summed E-state index contributed by atoms with van der Waals surface area (Å²) in [6, 6.07) is 17.3. The molecule has 16 heavy (non-hydrogen) atoms. The molecule has 0 saturated carbocycles. The monoisotopic (exact) mass is 206 g/mol. The maximum Gasteiger partial charge on any atom is -0.000117 e. The molecule has 78 valence electrons. The molecule has 0 spiro atoms. The van der Waals surface area contributed by atoms with Crippen LogP contribution in [0.5, 0.6) is 0 Å². The van der Waals surface area contributed by atoms with E-state index >= 15 is 0 Å². The highest BCUT2D eigenvalue weighted by Gasteiger charge is 2.12. The van der Waals surface area contributed by atoms with Gasteiger partial charge in [0, 0.05) is 0 Å². The number of fused-ring (bicyclic) bond motifs is 1. The van der Waals surface area contributed by atoms with Crippen molar-refractivity contribution in [2.75, 3.05) is 0 Å². The average molecular weight is 206 g/mol. The summed E-state index contributed by atoms with van der Waals surface area (Å²) < 4.78 is 0. The van der Waals surface area contributed by atoms with Crippen LogP contribution in [0.2, 0.25) is 0 Å². The van der Waals surface area contributed by atoms with Crippen LogP contribution in [-0.4, -0.2) is 0 Å². The van der Waals surface area contributed by atoms with Crippen LogP contribution < -0.4 is 0 Å². The fourth-order valence-corrected chi connectivity index (χ4v) is 2.30. The molecule has 0 nitrogen and oxygen atoms in total. The Balaban J connectivity index is 2.09. The molecule has 1 unspecified atom stereocenters. The van der Waals surface area contributed by atoms with E-state index in [4.69, 9.17) is 0 Å². The van der Waals surface area contributed by atoms with Gasteiger partial charge < -0.3 is 0 Å². The molecule has 3 rings (SSSR count). The first-order valence-corrected chi connectivity index (χ1v) is 5.72. The summed E-state index contributed by atoms with van der Waals surface area (Å²) >= 11 is 0. The van der Waals surface area contributed by atoms with Crippen LogP contribution >= 0.6 is 0 Å². The predicted octanol–water partition coefficient (Wildman–Crippen LogP) is 4.48. The van der Waals surface area contributed by atoms with E-state index in [9.17, 15) is 0 Å². The average Bonchev–Trinajstić information content (AvgIpc) is 2.72. The van der Waals surface area contributed by atoms with Gasteiger partial charge in [0.1, 0.15) is 0 Å². The van der Waals surface area contributed by atoms with Crippen LogP contribution in [0.4, 0.5) is 0 Å². The summed E-state index contributed by atoms with van der Waals surface area (Å²) in [5.41, 5.74) is 5.41. The van der Waals surface area contributed by atoms with Crippen molar-refractivity contribution < 1.29 is 0 Å². The number of benzene rings is 2. The first kappa shape index (κ1) is 9.41. The van der Waals surface area contributed by atoms with Gasteiger partial charge in [-0.05, 0) is 34.2 Å². The summed E-state index contributed by atoms with van der Waals surface area (Å²) in [5.74, 6) is 0.569. The van der Waals surface area contributed by atoms with E-state index in [1.54, 1.807) is 0 Å². The van der Waals surface area contributed by atoms with E-state index < -0.39 is 0 Å². The minimum atomic E-state index is 0.569. The molecule has 0 bridgehead atoms. The van der Waals surface area contributed by atoms with Crippen molar-refractivity contribution in [3.8, 4) is 11.1 Å². The zero-order chi connectivity index (χ0) is 11.0. The Morgan fingerprint density at radius 3 is 2.50 bits per heavy atom. The molecule has 2 aromatic carbocycles. The van der Waals surface area contributed by atoms with Gasteiger partial charge in [-0.2, -0.15) is 0 Å². The van der Waals surface area contributed by atoms with Gasteiger partial charge in [0.2, 0.25) is 0 Å². The van der Waals surface area contributed by atoms with E-state index in [-0.39, 0.29) is 0 Å². The predicted molar refractivity (Wildman–Crippen MR) is 69.3 cm³/mol. The summed E-state index contributed by atoms with van der Waals surface area (Å²) in [7, 11) is 0. The summed E-state index contributed by atoms with van der Waals surface area (Å²) in [5, 5.41) is 0. The number of allylic oxidation sites excluding steroid dienone is 1. The third-order valence-corrected chi connectivity index (χ3v) is 3.25. The fraction of sp³-hybridized carbons (Fsp3) is 0.125. The van der Waals surface area contributed by atoms with Crippen molar-refractivity contribution in [2.45, 2.75) is 12.8 Å². The molecule has 1 aliphatic carbocycles. The van der Waals surface area contributed by atoms with Gasteiger partial charge in [0.05, 0.1) is 0 Å². The Hall–Kier alpha value is -1.82. The van der Waals surface area contributed by atoms with Crippen LogP contribution in [0.1, 0.15) is 24.0 Å². The molecule has 0 heteroatoms. The van der Waals surface area contributed by atoms with Crippen LogP contribution in [0.25, 0.3) is 17.2 Å². The van der Waals surface area contributed by atoms with Gasteiger partial charge in [-0.25, -0.2) is 0 Å². The molecule has 0 aliphatic heterocycles. The van der Waals surface area contributed by atoms with Crippen molar-refractivity contribution in [1.82, 2.24) is 0 Å². The highest BCUT2D eigenvalue weighted by atomic mass is 14.2. The molecular weight excluding hydrogens is 192 g/mol. The molecule has 0 aromatic heterocycles. The normalized spacial score (nSPS) is 17.4. The minimum Gasteiger partial charge on any atom is -0.0767 e. The van der Waals surface area contributed by atoms with E-state index in [0.29, 0.717) is 5.92 Å². The SMILES string of the molecule is CC1C=Cc2cc(-c3ccccc3)ccc21. The summed E-state index contributed by atoms with van der Waals surface area (Å²) in [4.78, 5) is 0. The lowest BCUT2D eigenvalue weighted by atomic mass is 9.97. The Labute approximate surface area is 96.3 Å². The standard InChI is InChI=1S/C16H14/c1-12-7-8-15-11-14(9-10-16(12)15)13-5-3-2-4-6-13/h2-12H,1H3. The van der Waals surface area contributed by atoms with Crippen LogP contribution in [0.3, 0.4) is 0 Å². The van der Waals surface area contributed by atoms with Crippen molar-refractivity contribution in [2.24, 2.45) is 0 Å². The Bertz CT molecular complexity index is 535. The number of rotatable bonds is 1. The summed E-state index contributed by atoms with van der Waals surface area (Å²) in [6.07, 6.45) is 4.49. The van der Waals surface area contributed by atoms with Gasteiger partial charge in [-0.1, -0.05) is 61.5 Å². The van der Waals surface area contributed by atoms with E-state index in [1.807, 2.05) is 0 Å². The first-order valence-electron chi connectivity index (χ1n) is 5.72. The van der Waals surface area contributed by atoms with Crippen molar-refractivity contribution in [1.29, 1.82) is 0 Å². The van der Waals surface area contributed by atoms with Gasteiger partial charge in [-0.3, -0.25) is 0 Å². The Morgan fingerprint density at radius 2 is 1.69 bits per heavy atom. The molecule has 0 amide bonds. The molecule has 0 heterocycles. The minimum absolute atomic E-state index is 0.569. The second-order valence-electron chi connectivity index (χ2n) is 4.36. The number of hydrogen-bond donors (Lipinski definition) is 0. The van der Waals surface area contributed by atoms with Crippen LogP contribution in [0.15, 0.2) is 54.6 Å². The van der Waals surface area contributed by atoms with Gasteiger partial charge in [0.15, 0.2) is 0 Å². The maximum atomic E-state index is 2.28.